The van der Waals surface area contributed by atoms with Crippen molar-refractivity contribution in [2.45, 2.75) is 19.3 Å². The van der Waals surface area contributed by atoms with E-state index in [0.29, 0.717) is 5.82 Å². The van der Waals surface area contributed by atoms with E-state index >= 15 is 0 Å². The first-order chi connectivity index (χ1) is 27.0. The molecule has 8 aromatic carbocycles. The Morgan fingerprint density at radius 3 is 1.47 bits per heavy atom. The second kappa shape index (κ2) is 13.2. The minimum absolute atomic E-state index is 0.0614. The lowest BCUT2D eigenvalue weighted by atomic mass is 9.81. The van der Waals surface area contributed by atoms with Crippen molar-refractivity contribution in [3.05, 3.63) is 205 Å². The highest BCUT2D eigenvalue weighted by Crippen LogP contribution is 2.53. The topological polar surface area (TPSA) is 25.8 Å². The molecular formula is C53H38N2. The average Bonchev–Trinajstić information content (AvgIpc) is 3.50. The fourth-order valence-electron chi connectivity index (χ4n) is 8.50. The number of rotatable bonds is 6. The normalized spacial score (nSPS) is 12.7. The number of benzene rings is 8. The molecule has 0 fully saturated rings. The van der Waals surface area contributed by atoms with Gasteiger partial charge < -0.3 is 0 Å². The molecule has 0 saturated heterocycles. The van der Waals surface area contributed by atoms with Crippen molar-refractivity contribution >= 4 is 10.8 Å². The van der Waals surface area contributed by atoms with Gasteiger partial charge in [0.25, 0.3) is 0 Å². The molecule has 0 amide bonds. The molecule has 0 N–H and O–H groups in total. The highest BCUT2D eigenvalue weighted by Gasteiger charge is 2.36. The predicted octanol–water partition coefficient (Wildman–Crippen LogP) is 13.9. The molecule has 0 aliphatic heterocycles. The van der Waals surface area contributed by atoms with Crippen molar-refractivity contribution in [2.24, 2.45) is 0 Å². The van der Waals surface area contributed by atoms with Crippen molar-refractivity contribution in [3.63, 3.8) is 0 Å². The van der Waals surface area contributed by atoms with Gasteiger partial charge in [-0.05, 0) is 72.5 Å². The fourth-order valence-corrected chi connectivity index (χ4v) is 8.50. The molecule has 1 aliphatic rings. The second-order valence-electron chi connectivity index (χ2n) is 15.0. The van der Waals surface area contributed by atoms with Crippen LogP contribution in [-0.2, 0) is 5.41 Å². The minimum Gasteiger partial charge on any atom is -0.228 e. The summed E-state index contributed by atoms with van der Waals surface area (Å²) in [7, 11) is 0. The number of nitrogens with zero attached hydrogens (tertiary/aromatic N) is 2. The Hall–Kier alpha value is -6.90. The van der Waals surface area contributed by atoms with Crippen LogP contribution in [0, 0.1) is 0 Å². The average molecular weight is 703 g/mol. The van der Waals surface area contributed by atoms with Gasteiger partial charge in [0, 0.05) is 22.1 Å². The Labute approximate surface area is 322 Å². The first kappa shape index (κ1) is 32.7. The van der Waals surface area contributed by atoms with Crippen LogP contribution in [-0.4, -0.2) is 9.97 Å². The molecule has 0 saturated carbocycles. The summed E-state index contributed by atoms with van der Waals surface area (Å²) in [6.45, 7) is 4.69. The zero-order valence-electron chi connectivity index (χ0n) is 30.9. The molecular weight excluding hydrogens is 665 g/mol. The van der Waals surface area contributed by atoms with E-state index in [1.54, 1.807) is 0 Å². The van der Waals surface area contributed by atoms with E-state index in [1.807, 2.05) is 18.2 Å². The Morgan fingerprint density at radius 1 is 0.327 bits per heavy atom. The maximum absolute atomic E-state index is 5.25. The molecule has 260 valence electrons. The first-order valence-electron chi connectivity index (χ1n) is 19.0. The first-order valence-corrected chi connectivity index (χ1v) is 19.0. The van der Waals surface area contributed by atoms with Crippen LogP contribution in [0.15, 0.2) is 194 Å². The molecule has 2 nitrogen and oxygen atoms in total. The summed E-state index contributed by atoms with van der Waals surface area (Å²) < 4.78 is 0. The Bertz CT molecular complexity index is 2850. The summed E-state index contributed by atoms with van der Waals surface area (Å²) in [6.07, 6.45) is 0. The van der Waals surface area contributed by atoms with E-state index in [9.17, 15) is 0 Å². The van der Waals surface area contributed by atoms with Crippen LogP contribution in [0.2, 0.25) is 0 Å². The van der Waals surface area contributed by atoms with E-state index in [0.717, 1.165) is 28.1 Å². The SMILES string of the molecule is CC1(C)c2ccccc2-c2c(-c3ccc(-c4cc(-c5ccc(-c6ccc(-c7ccccc7)cc6)cc5)nc(-c5ccccc5)n4)c4ccccc34)cccc21. The standard InChI is InChI=1S/C53H38N2/c1-53(2)47-22-12-11-20-46(47)51-45(21-13-23-48(51)53)43-32-33-44(42-19-10-9-18-41(42)43)50-34-49(54-52(55-50)40-16-7-4-8-17-40)39-30-28-38(29-31-39)37-26-24-36(25-27-37)35-14-5-3-6-15-35/h3-34H,1-2H3. The largest absolute Gasteiger partial charge is 0.228 e. The summed E-state index contributed by atoms with van der Waals surface area (Å²) >= 11 is 0. The van der Waals surface area contributed by atoms with Gasteiger partial charge in [0.2, 0.25) is 0 Å². The Kier molecular flexibility index (Phi) is 7.85. The lowest BCUT2D eigenvalue weighted by Gasteiger charge is -2.22. The van der Waals surface area contributed by atoms with Crippen LogP contribution < -0.4 is 0 Å². The van der Waals surface area contributed by atoms with E-state index in [2.05, 4.69) is 190 Å². The second-order valence-corrected chi connectivity index (χ2v) is 15.0. The van der Waals surface area contributed by atoms with Crippen LogP contribution in [0.3, 0.4) is 0 Å². The van der Waals surface area contributed by atoms with Crippen LogP contribution in [0.4, 0.5) is 0 Å². The van der Waals surface area contributed by atoms with Gasteiger partial charge in [-0.3, -0.25) is 0 Å². The molecule has 10 rings (SSSR count). The van der Waals surface area contributed by atoms with E-state index < -0.39 is 0 Å². The lowest BCUT2D eigenvalue weighted by molar-refractivity contribution is 0.660. The van der Waals surface area contributed by atoms with Crippen molar-refractivity contribution in [3.8, 4) is 78.4 Å². The summed E-state index contributed by atoms with van der Waals surface area (Å²) in [6, 6.07) is 69.5. The quantitative estimate of drug-likeness (QED) is 0.172. The van der Waals surface area contributed by atoms with Crippen LogP contribution in [0.1, 0.15) is 25.0 Å². The van der Waals surface area contributed by atoms with Gasteiger partial charge in [-0.15, -0.1) is 0 Å². The van der Waals surface area contributed by atoms with Gasteiger partial charge in [-0.2, -0.15) is 0 Å². The molecule has 0 bridgehead atoms. The molecule has 1 aliphatic carbocycles. The van der Waals surface area contributed by atoms with E-state index in [-0.39, 0.29) is 5.41 Å². The lowest BCUT2D eigenvalue weighted by Crippen LogP contribution is -2.14. The van der Waals surface area contributed by atoms with Crippen molar-refractivity contribution in [2.75, 3.05) is 0 Å². The van der Waals surface area contributed by atoms with Crippen molar-refractivity contribution in [1.82, 2.24) is 9.97 Å². The van der Waals surface area contributed by atoms with Gasteiger partial charge >= 0.3 is 0 Å². The molecule has 9 aromatic rings. The molecule has 0 unspecified atom stereocenters. The van der Waals surface area contributed by atoms with Gasteiger partial charge in [0.15, 0.2) is 5.82 Å². The minimum atomic E-state index is -0.0614. The highest BCUT2D eigenvalue weighted by molar-refractivity contribution is 6.08. The number of hydrogen-bond acceptors (Lipinski definition) is 2. The maximum atomic E-state index is 5.25. The maximum Gasteiger partial charge on any atom is 0.160 e. The highest BCUT2D eigenvalue weighted by atomic mass is 14.9. The Morgan fingerprint density at radius 2 is 0.800 bits per heavy atom. The third kappa shape index (κ3) is 5.66. The van der Waals surface area contributed by atoms with E-state index in [4.69, 9.17) is 9.97 Å². The molecule has 2 heteroatoms. The van der Waals surface area contributed by atoms with E-state index in [1.165, 1.54) is 66.4 Å². The molecule has 0 radical (unpaired) electrons. The van der Waals surface area contributed by atoms with Crippen molar-refractivity contribution in [1.29, 1.82) is 0 Å². The van der Waals surface area contributed by atoms with Crippen LogP contribution in [0.5, 0.6) is 0 Å². The zero-order valence-corrected chi connectivity index (χ0v) is 30.9. The zero-order chi connectivity index (χ0) is 36.9. The molecule has 1 heterocycles. The summed E-state index contributed by atoms with van der Waals surface area (Å²) in [4.78, 5) is 10.4. The third-order valence-electron chi connectivity index (χ3n) is 11.4. The smallest absolute Gasteiger partial charge is 0.160 e. The van der Waals surface area contributed by atoms with Crippen molar-refractivity contribution < 1.29 is 0 Å². The molecule has 0 atom stereocenters. The number of fused-ring (bicyclic) bond motifs is 4. The van der Waals surface area contributed by atoms with Gasteiger partial charge in [0.1, 0.15) is 0 Å². The van der Waals surface area contributed by atoms with Crippen LogP contribution in [0.25, 0.3) is 89.2 Å². The number of aromatic nitrogens is 2. The van der Waals surface area contributed by atoms with Gasteiger partial charge in [-0.25, -0.2) is 9.97 Å². The van der Waals surface area contributed by atoms with Gasteiger partial charge in [-0.1, -0.05) is 202 Å². The molecule has 1 aromatic heterocycles. The summed E-state index contributed by atoms with van der Waals surface area (Å²) in [5, 5.41) is 2.38. The monoisotopic (exact) mass is 702 g/mol. The third-order valence-corrected chi connectivity index (χ3v) is 11.4. The van der Waals surface area contributed by atoms with Gasteiger partial charge in [0.05, 0.1) is 11.4 Å². The molecule has 0 spiro atoms. The predicted molar refractivity (Wildman–Crippen MR) is 230 cm³/mol. The van der Waals surface area contributed by atoms with Crippen LogP contribution >= 0.6 is 0 Å². The summed E-state index contributed by atoms with van der Waals surface area (Å²) in [5.74, 6) is 0.710. The number of hydrogen-bond donors (Lipinski definition) is 0. The fraction of sp³-hybridized carbons (Fsp3) is 0.0566. The summed E-state index contributed by atoms with van der Waals surface area (Å²) in [5.41, 5.74) is 17.6. The molecule has 55 heavy (non-hydrogen) atoms. The Balaban J connectivity index is 1.08.